The highest BCUT2D eigenvalue weighted by Gasteiger charge is 2.23. The van der Waals surface area contributed by atoms with Crippen molar-refractivity contribution in [2.24, 2.45) is 0 Å². The molecule has 170 valence electrons. The highest BCUT2D eigenvalue weighted by atomic mass is 35.5. The summed E-state index contributed by atoms with van der Waals surface area (Å²) in [6, 6.07) is 18.5. The zero-order chi connectivity index (χ0) is 22.4. The quantitative estimate of drug-likeness (QED) is 0.471. The second-order valence-corrected chi connectivity index (χ2v) is 8.41. The number of benzene rings is 2. The number of rotatable bonds is 6. The summed E-state index contributed by atoms with van der Waals surface area (Å²) in [7, 11) is 0. The van der Waals surface area contributed by atoms with Crippen molar-refractivity contribution in [2.45, 2.75) is 40.3 Å². The van der Waals surface area contributed by atoms with Gasteiger partial charge in [-0.15, -0.1) is 12.4 Å². The zero-order valence-corrected chi connectivity index (χ0v) is 20.2. The maximum atomic E-state index is 13.2. The molecule has 3 rings (SSSR count). The largest absolute Gasteiger partial charge is 0.373 e. The summed E-state index contributed by atoms with van der Waals surface area (Å²) in [5.41, 5.74) is 5.14. The van der Waals surface area contributed by atoms with Gasteiger partial charge >= 0.3 is 0 Å². The van der Waals surface area contributed by atoms with E-state index < -0.39 is 0 Å². The predicted molar refractivity (Wildman–Crippen MR) is 133 cm³/mol. The van der Waals surface area contributed by atoms with E-state index in [1.165, 1.54) is 16.8 Å². The van der Waals surface area contributed by atoms with Crippen LogP contribution in [0.3, 0.4) is 0 Å². The lowest BCUT2D eigenvalue weighted by Crippen LogP contribution is -2.45. The van der Waals surface area contributed by atoms with Crippen molar-refractivity contribution in [1.82, 2.24) is 9.80 Å². The number of piperazine rings is 1. The lowest BCUT2D eigenvalue weighted by Gasteiger charge is -2.37. The number of carbonyl (C=O) groups excluding carboxylic acids is 1. The van der Waals surface area contributed by atoms with Crippen LogP contribution in [0, 0.1) is 25.2 Å². The smallest absolute Gasteiger partial charge is 0.266 e. The molecule has 0 saturated carbocycles. The minimum Gasteiger partial charge on any atom is -0.373 e. The van der Waals surface area contributed by atoms with Crippen molar-refractivity contribution in [3.63, 3.8) is 0 Å². The fourth-order valence-electron chi connectivity index (χ4n) is 3.91. The summed E-state index contributed by atoms with van der Waals surface area (Å²) in [6.45, 7) is 12.1. The molecule has 0 N–H and O–H groups in total. The Labute approximate surface area is 198 Å². The Balaban J connectivity index is 0.00000363. The molecule has 1 aliphatic heterocycles. The van der Waals surface area contributed by atoms with Crippen LogP contribution in [-0.4, -0.2) is 47.9 Å². The maximum absolute atomic E-state index is 13.2. The monoisotopic (exact) mass is 452 g/mol. The van der Waals surface area contributed by atoms with Crippen molar-refractivity contribution in [3.05, 3.63) is 77.0 Å². The molecule has 1 amide bonds. The maximum Gasteiger partial charge on any atom is 0.266 e. The fraction of sp³-hybridized carbons (Fsp3) is 0.385. The van der Waals surface area contributed by atoms with Crippen LogP contribution in [0.25, 0.3) is 0 Å². The van der Waals surface area contributed by atoms with Crippen LogP contribution in [0.15, 0.2) is 60.3 Å². The normalized spacial score (nSPS) is 14.1. The molecule has 1 aliphatic rings. The van der Waals surface area contributed by atoms with Gasteiger partial charge in [0.2, 0.25) is 0 Å². The van der Waals surface area contributed by atoms with Crippen LogP contribution in [0.4, 0.5) is 5.69 Å². The Morgan fingerprint density at radius 3 is 2.31 bits per heavy atom. The van der Waals surface area contributed by atoms with Crippen LogP contribution >= 0.6 is 12.4 Å². The van der Waals surface area contributed by atoms with E-state index in [4.69, 9.17) is 0 Å². The van der Waals surface area contributed by atoms with Gasteiger partial charge in [-0.25, -0.2) is 0 Å². The molecule has 0 spiro atoms. The van der Waals surface area contributed by atoms with E-state index in [0.717, 1.165) is 31.7 Å². The second-order valence-electron chi connectivity index (χ2n) is 8.41. The van der Waals surface area contributed by atoms with Gasteiger partial charge in [-0.3, -0.25) is 4.79 Å². The molecule has 32 heavy (non-hydrogen) atoms. The number of hydrogen-bond donors (Lipinski definition) is 0. The van der Waals surface area contributed by atoms with Gasteiger partial charge in [0, 0.05) is 50.7 Å². The first-order valence-electron chi connectivity index (χ1n) is 10.9. The number of anilines is 1. The van der Waals surface area contributed by atoms with Crippen molar-refractivity contribution >= 4 is 24.0 Å². The molecule has 2 aromatic carbocycles. The van der Waals surface area contributed by atoms with Crippen LogP contribution < -0.4 is 4.90 Å². The number of amides is 1. The van der Waals surface area contributed by atoms with Crippen LogP contribution in [-0.2, 0) is 11.3 Å². The fourth-order valence-corrected chi connectivity index (χ4v) is 3.91. The third kappa shape index (κ3) is 6.05. The molecular formula is C26H33ClN4O. The summed E-state index contributed by atoms with van der Waals surface area (Å²) in [5, 5.41) is 9.72. The molecule has 1 fully saturated rings. The Kier molecular flexibility index (Phi) is 9.16. The first-order chi connectivity index (χ1) is 14.9. The number of hydrogen-bond acceptors (Lipinski definition) is 4. The molecule has 0 bridgehead atoms. The molecule has 0 radical (unpaired) electrons. The average molecular weight is 453 g/mol. The summed E-state index contributed by atoms with van der Waals surface area (Å²) in [6.07, 6.45) is 1.75. The first-order valence-corrected chi connectivity index (χ1v) is 10.9. The third-order valence-corrected chi connectivity index (χ3v) is 5.97. The van der Waals surface area contributed by atoms with Crippen LogP contribution in [0.5, 0.6) is 0 Å². The highest BCUT2D eigenvalue weighted by molar-refractivity contribution is 5.97. The number of nitriles is 1. The van der Waals surface area contributed by atoms with E-state index in [0.29, 0.717) is 6.54 Å². The molecule has 0 unspecified atom stereocenters. The lowest BCUT2D eigenvalue weighted by molar-refractivity contribution is -0.129. The second kappa shape index (κ2) is 11.6. The van der Waals surface area contributed by atoms with Gasteiger partial charge in [-0.1, -0.05) is 42.5 Å². The van der Waals surface area contributed by atoms with Gasteiger partial charge in [0.15, 0.2) is 0 Å². The first kappa shape index (κ1) is 25.3. The minimum absolute atomic E-state index is 0. The van der Waals surface area contributed by atoms with E-state index >= 15 is 0 Å². The molecule has 0 aliphatic carbocycles. The Morgan fingerprint density at radius 1 is 1.06 bits per heavy atom. The van der Waals surface area contributed by atoms with Crippen molar-refractivity contribution in [2.75, 3.05) is 31.1 Å². The van der Waals surface area contributed by atoms with Gasteiger partial charge in [0.05, 0.1) is 0 Å². The van der Waals surface area contributed by atoms with E-state index in [1.54, 1.807) is 11.1 Å². The molecule has 5 nitrogen and oxygen atoms in total. The molecule has 1 saturated heterocycles. The molecule has 2 aromatic rings. The average Bonchev–Trinajstić information content (AvgIpc) is 2.78. The Bertz CT molecular complexity index is 973. The number of aryl methyl sites for hydroxylation is 1. The highest BCUT2D eigenvalue weighted by Crippen LogP contribution is 2.24. The molecule has 0 aromatic heterocycles. The summed E-state index contributed by atoms with van der Waals surface area (Å²) < 4.78 is 0. The van der Waals surface area contributed by atoms with E-state index in [2.05, 4.69) is 47.9 Å². The Hall–Kier alpha value is -2.97. The lowest BCUT2D eigenvalue weighted by atomic mass is 10.1. The van der Waals surface area contributed by atoms with E-state index in [9.17, 15) is 10.1 Å². The van der Waals surface area contributed by atoms with Gasteiger partial charge < -0.3 is 14.7 Å². The van der Waals surface area contributed by atoms with Crippen molar-refractivity contribution in [1.29, 1.82) is 5.26 Å². The predicted octanol–water partition coefficient (Wildman–Crippen LogP) is 4.69. The van der Waals surface area contributed by atoms with Gasteiger partial charge in [-0.2, -0.15) is 5.26 Å². The topological polar surface area (TPSA) is 50.6 Å². The molecule has 1 heterocycles. The standard InChI is InChI=1S/C26H32N4O.ClH/c1-20(2)30(18-23-10-6-5-7-11-23)26(31)24(17-27)19-28-13-15-29(16-14-28)25-12-8-9-21(3)22(25)4;/h5-12,19-20H,13-16,18H2,1-4H3;1H/b24-19-;. The Morgan fingerprint density at radius 2 is 1.72 bits per heavy atom. The molecular weight excluding hydrogens is 420 g/mol. The molecule has 6 heteroatoms. The van der Waals surface area contributed by atoms with E-state index in [1.807, 2.05) is 44.2 Å². The number of carbonyl (C=O) groups is 1. The van der Waals surface area contributed by atoms with Crippen LogP contribution in [0.1, 0.15) is 30.5 Å². The SMILES string of the molecule is Cc1cccc(N2CCN(/C=C(/C#N)C(=O)N(Cc3ccccc3)C(C)C)CC2)c1C.Cl. The van der Waals surface area contributed by atoms with Crippen molar-refractivity contribution in [3.8, 4) is 6.07 Å². The summed E-state index contributed by atoms with van der Waals surface area (Å²) >= 11 is 0. The number of halogens is 1. The van der Waals surface area contributed by atoms with E-state index in [-0.39, 0.29) is 29.9 Å². The number of nitrogens with zero attached hydrogens (tertiary/aromatic N) is 4. The third-order valence-electron chi connectivity index (χ3n) is 5.97. The summed E-state index contributed by atoms with van der Waals surface area (Å²) in [4.78, 5) is 19.4. The summed E-state index contributed by atoms with van der Waals surface area (Å²) in [5.74, 6) is -0.210. The minimum atomic E-state index is -0.210. The molecule has 0 atom stereocenters. The van der Waals surface area contributed by atoms with Gasteiger partial charge in [0.25, 0.3) is 5.91 Å². The van der Waals surface area contributed by atoms with Crippen molar-refractivity contribution < 1.29 is 4.79 Å². The van der Waals surface area contributed by atoms with Gasteiger partial charge in [0.1, 0.15) is 11.6 Å². The zero-order valence-electron chi connectivity index (χ0n) is 19.4. The van der Waals surface area contributed by atoms with Gasteiger partial charge in [-0.05, 0) is 50.5 Å². The van der Waals surface area contributed by atoms with Crippen LogP contribution in [0.2, 0.25) is 0 Å².